The van der Waals surface area contributed by atoms with E-state index in [1.807, 2.05) is 0 Å². The number of thiocarbonyl (C=S) groups is 1. The highest BCUT2D eigenvalue weighted by Crippen LogP contribution is 2.07. The molecule has 0 fully saturated rings. The second-order valence-corrected chi connectivity index (χ2v) is 3.53. The van der Waals surface area contributed by atoms with Crippen LogP contribution in [0.25, 0.3) is 0 Å². The number of carbonyl (C=O) groups excluding carboxylic acids is 2. The van der Waals surface area contributed by atoms with Crippen LogP contribution < -0.4 is 16.6 Å². The molecule has 6 nitrogen and oxygen atoms in total. The Bertz CT molecular complexity index is 448. The summed E-state index contributed by atoms with van der Waals surface area (Å²) in [6, 6.07) is 6.81. The number of carbonyl (C=O) groups is 2. The van der Waals surface area contributed by atoms with Gasteiger partial charge in [0.05, 0.1) is 0 Å². The number of hydrogen-bond acceptors (Lipinski definition) is 3. The van der Waals surface area contributed by atoms with Crippen LogP contribution in [0.4, 0.5) is 0 Å². The van der Waals surface area contributed by atoms with Crippen LogP contribution in [0.1, 0.15) is 15.9 Å². The molecule has 1 amide bonds. The lowest BCUT2D eigenvalue weighted by molar-refractivity contribution is -0.117. The number of benzene rings is 1. The molecule has 6 N–H and O–H groups in total. The highest BCUT2D eigenvalue weighted by molar-refractivity contribution is 7.80. The first-order valence-electron chi connectivity index (χ1n) is 4.48. The van der Waals surface area contributed by atoms with Crippen LogP contribution in [0.2, 0.25) is 0 Å². The Kier molecular flexibility index (Phi) is 5.79. The van der Waals surface area contributed by atoms with Crippen molar-refractivity contribution >= 4 is 29.0 Å². The molecule has 0 saturated heterocycles. The summed E-state index contributed by atoms with van der Waals surface area (Å²) in [5.41, 5.74) is 10.5. The van der Waals surface area contributed by atoms with Crippen molar-refractivity contribution in [2.75, 3.05) is 0 Å². The standard InChI is InChI=1S/C10H11N3O2S.H2O/c1-6-4-2-3-5-7(6)8(14)9(15)12-13-10(11)16;/h2-5H,1H3,(H,12,15)(H3,11,13,16);1H2. The zero-order chi connectivity index (χ0) is 12.1. The first-order chi connectivity index (χ1) is 7.52. The fourth-order valence-electron chi connectivity index (χ4n) is 1.13. The highest BCUT2D eigenvalue weighted by atomic mass is 32.1. The zero-order valence-corrected chi connectivity index (χ0v) is 9.93. The smallest absolute Gasteiger partial charge is 0.310 e. The molecule has 0 heterocycles. The molecule has 1 rings (SSSR count). The Labute approximate surface area is 103 Å². The fourth-order valence-corrected chi connectivity index (χ4v) is 1.18. The van der Waals surface area contributed by atoms with Gasteiger partial charge in [0, 0.05) is 5.56 Å². The Hall–Kier alpha value is -1.99. The number of aryl methyl sites for hydroxylation is 1. The van der Waals surface area contributed by atoms with Gasteiger partial charge in [0.2, 0.25) is 0 Å². The third-order valence-electron chi connectivity index (χ3n) is 1.90. The Morgan fingerprint density at radius 3 is 2.35 bits per heavy atom. The van der Waals surface area contributed by atoms with E-state index in [1.54, 1.807) is 31.2 Å². The molecular weight excluding hydrogens is 242 g/mol. The lowest BCUT2D eigenvalue weighted by Crippen LogP contribution is -2.47. The van der Waals surface area contributed by atoms with Gasteiger partial charge >= 0.3 is 5.91 Å². The first-order valence-corrected chi connectivity index (χ1v) is 4.89. The molecule has 1 aromatic carbocycles. The van der Waals surface area contributed by atoms with Crippen LogP contribution >= 0.6 is 12.2 Å². The van der Waals surface area contributed by atoms with Gasteiger partial charge in [-0.15, -0.1) is 0 Å². The molecule has 0 atom stereocenters. The predicted molar refractivity (Wildman–Crippen MR) is 67.2 cm³/mol. The van der Waals surface area contributed by atoms with Crippen molar-refractivity contribution in [3.8, 4) is 0 Å². The van der Waals surface area contributed by atoms with E-state index in [-0.39, 0.29) is 10.6 Å². The van der Waals surface area contributed by atoms with Crippen molar-refractivity contribution in [2.45, 2.75) is 6.92 Å². The maximum Gasteiger partial charge on any atom is 0.310 e. The van der Waals surface area contributed by atoms with Gasteiger partial charge in [-0.3, -0.25) is 20.4 Å². The van der Waals surface area contributed by atoms with Gasteiger partial charge in [-0.2, -0.15) is 0 Å². The first kappa shape index (κ1) is 15.0. The molecule has 17 heavy (non-hydrogen) atoms. The summed E-state index contributed by atoms with van der Waals surface area (Å²) in [5, 5.41) is -0.106. The molecule has 0 aromatic heterocycles. The molecule has 0 saturated carbocycles. The lowest BCUT2D eigenvalue weighted by atomic mass is 10.0. The van der Waals surface area contributed by atoms with E-state index in [2.05, 4.69) is 23.1 Å². The van der Waals surface area contributed by atoms with Gasteiger partial charge in [0.15, 0.2) is 5.11 Å². The maximum absolute atomic E-state index is 11.6. The molecule has 0 aliphatic carbocycles. The van der Waals surface area contributed by atoms with Crippen molar-refractivity contribution in [3.05, 3.63) is 35.4 Å². The molecule has 0 radical (unpaired) electrons. The molecule has 0 spiro atoms. The molecule has 0 bridgehead atoms. The van der Waals surface area contributed by atoms with Gasteiger partial charge in [0.1, 0.15) is 0 Å². The quantitative estimate of drug-likeness (QED) is 0.277. The number of nitrogens with two attached hydrogens (primary N) is 1. The van der Waals surface area contributed by atoms with E-state index in [4.69, 9.17) is 5.73 Å². The number of hydrogen-bond donors (Lipinski definition) is 3. The number of Topliss-reactive ketones (excluding diaryl/α,β-unsaturated/α-hetero) is 1. The average Bonchev–Trinajstić information content (AvgIpc) is 2.25. The summed E-state index contributed by atoms with van der Waals surface area (Å²) in [5.74, 6) is -1.44. The van der Waals surface area contributed by atoms with Gasteiger partial charge in [-0.1, -0.05) is 24.3 Å². The normalized spacial score (nSPS) is 8.76. The lowest BCUT2D eigenvalue weighted by Gasteiger charge is -2.06. The number of hydrazine groups is 1. The summed E-state index contributed by atoms with van der Waals surface area (Å²) in [6.45, 7) is 1.75. The molecule has 7 heteroatoms. The van der Waals surface area contributed by atoms with Crippen molar-refractivity contribution in [1.82, 2.24) is 10.9 Å². The fraction of sp³-hybridized carbons (Fsp3) is 0.100. The molecule has 0 unspecified atom stereocenters. The van der Waals surface area contributed by atoms with E-state index >= 15 is 0 Å². The topological polar surface area (TPSA) is 116 Å². The van der Waals surface area contributed by atoms with Gasteiger partial charge < -0.3 is 11.2 Å². The third kappa shape index (κ3) is 4.17. The van der Waals surface area contributed by atoms with E-state index < -0.39 is 11.7 Å². The van der Waals surface area contributed by atoms with Crippen LogP contribution in [0.3, 0.4) is 0 Å². The zero-order valence-electron chi connectivity index (χ0n) is 9.11. The van der Waals surface area contributed by atoms with Crippen LogP contribution in [-0.2, 0) is 4.79 Å². The minimum absolute atomic E-state index is 0. The second kappa shape index (κ2) is 6.56. The second-order valence-electron chi connectivity index (χ2n) is 3.09. The van der Waals surface area contributed by atoms with Gasteiger partial charge in [0.25, 0.3) is 5.78 Å². The predicted octanol–water partition coefficient (Wildman–Crippen LogP) is -0.783. The monoisotopic (exact) mass is 255 g/mol. The minimum atomic E-state index is -0.804. The molecule has 0 aliphatic heterocycles. The largest absolute Gasteiger partial charge is 0.412 e. The van der Waals surface area contributed by atoms with Crippen LogP contribution in [0.5, 0.6) is 0 Å². The van der Waals surface area contributed by atoms with Gasteiger partial charge in [-0.25, -0.2) is 0 Å². The Morgan fingerprint density at radius 1 is 1.24 bits per heavy atom. The SMILES string of the molecule is Cc1ccccc1C(=O)C(=O)NNC(N)=S.O. The molecular formula is C10H13N3O3S. The van der Waals surface area contributed by atoms with E-state index in [0.29, 0.717) is 5.56 Å². The highest BCUT2D eigenvalue weighted by Gasteiger charge is 2.17. The summed E-state index contributed by atoms with van der Waals surface area (Å²) < 4.78 is 0. The third-order valence-corrected chi connectivity index (χ3v) is 2.00. The number of nitrogens with one attached hydrogen (secondary N) is 2. The summed E-state index contributed by atoms with van der Waals surface area (Å²) in [7, 11) is 0. The minimum Gasteiger partial charge on any atom is -0.412 e. The maximum atomic E-state index is 11.6. The van der Waals surface area contributed by atoms with Crippen LogP contribution in [0.15, 0.2) is 24.3 Å². The molecule has 0 aliphatic rings. The summed E-state index contributed by atoms with van der Waals surface area (Å²) in [4.78, 5) is 23.0. The summed E-state index contributed by atoms with van der Waals surface area (Å²) >= 11 is 4.48. The molecule has 92 valence electrons. The van der Waals surface area contributed by atoms with E-state index in [0.717, 1.165) is 5.56 Å². The van der Waals surface area contributed by atoms with Gasteiger partial charge in [-0.05, 0) is 24.7 Å². The molecule has 1 aromatic rings. The number of amides is 1. The van der Waals surface area contributed by atoms with Crippen LogP contribution in [-0.4, -0.2) is 22.3 Å². The number of rotatable bonds is 2. The van der Waals surface area contributed by atoms with Crippen LogP contribution in [0, 0.1) is 6.92 Å². The number of ketones is 1. The van der Waals surface area contributed by atoms with Crippen molar-refractivity contribution in [1.29, 1.82) is 0 Å². The van der Waals surface area contributed by atoms with E-state index in [9.17, 15) is 9.59 Å². The Morgan fingerprint density at radius 2 is 1.82 bits per heavy atom. The van der Waals surface area contributed by atoms with Crippen molar-refractivity contribution < 1.29 is 15.1 Å². The van der Waals surface area contributed by atoms with Crippen molar-refractivity contribution in [2.24, 2.45) is 5.73 Å². The average molecular weight is 255 g/mol. The summed E-state index contributed by atoms with van der Waals surface area (Å²) in [6.07, 6.45) is 0. The van der Waals surface area contributed by atoms with Crippen molar-refractivity contribution in [3.63, 3.8) is 0 Å². The van der Waals surface area contributed by atoms with E-state index in [1.165, 1.54) is 0 Å². The Balaban J connectivity index is 0.00000256.